The fraction of sp³-hybridized carbons (Fsp3) is 0.786. The van der Waals surface area contributed by atoms with Gasteiger partial charge in [-0.2, -0.15) is 0 Å². The van der Waals surface area contributed by atoms with Gasteiger partial charge in [0.15, 0.2) is 5.13 Å². The van der Waals surface area contributed by atoms with Crippen LogP contribution in [0.4, 0.5) is 5.13 Å². The molecule has 0 amide bonds. The summed E-state index contributed by atoms with van der Waals surface area (Å²) in [6, 6.07) is 0.0948. The van der Waals surface area contributed by atoms with Gasteiger partial charge in [-0.1, -0.05) is 32.1 Å². The molecule has 2 rings (SSSR count). The molecule has 4 heteroatoms. The Morgan fingerprint density at radius 3 is 2.33 bits per heavy atom. The molecule has 1 fully saturated rings. The highest BCUT2D eigenvalue weighted by Gasteiger charge is 2.22. The van der Waals surface area contributed by atoms with Gasteiger partial charge in [0.05, 0.1) is 5.69 Å². The van der Waals surface area contributed by atoms with E-state index in [9.17, 15) is 0 Å². The molecule has 1 aromatic rings. The second kappa shape index (κ2) is 5.57. The van der Waals surface area contributed by atoms with Gasteiger partial charge in [-0.05, 0) is 31.6 Å². The first-order chi connectivity index (χ1) is 8.49. The van der Waals surface area contributed by atoms with Gasteiger partial charge in [-0.3, -0.25) is 0 Å². The number of hydrogen-bond acceptors (Lipinski definition) is 4. The van der Waals surface area contributed by atoms with E-state index in [-0.39, 0.29) is 6.04 Å². The fourth-order valence-corrected chi connectivity index (χ4v) is 3.63. The zero-order valence-electron chi connectivity index (χ0n) is 11.9. The van der Waals surface area contributed by atoms with E-state index in [0.717, 1.165) is 19.0 Å². The lowest BCUT2D eigenvalue weighted by atomic mass is 10.00. The summed E-state index contributed by atoms with van der Waals surface area (Å²) in [6.45, 7) is 11.1. The monoisotopic (exact) mass is 267 g/mol. The number of rotatable bonds is 3. The van der Waals surface area contributed by atoms with E-state index >= 15 is 0 Å². The maximum absolute atomic E-state index is 6.07. The molecule has 0 bridgehead atoms. The first-order valence-corrected chi connectivity index (χ1v) is 7.81. The van der Waals surface area contributed by atoms with Crippen molar-refractivity contribution in [2.24, 2.45) is 11.7 Å². The summed E-state index contributed by atoms with van der Waals surface area (Å²) in [5.41, 5.74) is 7.27. The summed E-state index contributed by atoms with van der Waals surface area (Å²) in [5.74, 6) is 1.32. The van der Waals surface area contributed by atoms with E-state index in [1.165, 1.54) is 28.5 Å². The third-order valence-corrected chi connectivity index (χ3v) is 5.02. The maximum atomic E-state index is 6.07. The molecule has 1 aromatic heterocycles. The Balaban J connectivity index is 2.21. The van der Waals surface area contributed by atoms with Crippen molar-refractivity contribution in [1.29, 1.82) is 0 Å². The average molecular weight is 267 g/mol. The molecule has 0 radical (unpaired) electrons. The van der Waals surface area contributed by atoms with Gasteiger partial charge in [0.2, 0.25) is 0 Å². The molecule has 0 aliphatic carbocycles. The number of anilines is 1. The van der Waals surface area contributed by atoms with E-state index in [1.807, 2.05) is 0 Å². The summed E-state index contributed by atoms with van der Waals surface area (Å²) < 4.78 is 0. The van der Waals surface area contributed by atoms with Gasteiger partial charge in [0.25, 0.3) is 0 Å². The van der Waals surface area contributed by atoms with Crippen molar-refractivity contribution < 1.29 is 0 Å². The molecule has 102 valence electrons. The second-order valence-electron chi connectivity index (χ2n) is 5.86. The largest absolute Gasteiger partial charge is 0.348 e. The number of thiazole rings is 1. The number of piperidine rings is 1. The molecular formula is C14H25N3S. The molecular weight excluding hydrogens is 242 g/mol. The predicted octanol–water partition coefficient (Wildman–Crippen LogP) is 3.52. The minimum Gasteiger partial charge on any atom is -0.348 e. The van der Waals surface area contributed by atoms with Crippen LogP contribution in [-0.4, -0.2) is 18.1 Å². The Kier molecular flexibility index (Phi) is 4.28. The first-order valence-electron chi connectivity index (χ1n) is 7.00. The van der Waals surface area contributed by atoms with Gasteiger partial charge < -0.3 is 10.6 Å². The van der Waals surface area contributed by atoms with Crippen molar-refractivity contribution in [2.45, 2.75) is 52.5 Å². The lowest BCUT2D eigenvalue weighted by Gasteiger charge is -2.29. The Morgan fingerprint density at radius 1 is 1.28 bits per heavy atom. The second-order valence-corrected chi connectivity index (χ2v) is 6.87. The van der Waals surface area contributed by atoms with Crippen molar-refractivity contribution in [2.75, 3.05) is 18.0 Å². The Hall–Kier alpha value is -0.610. The van der Waals surface area contributed by atoms with Crippen molar-refractivity contribution in [3.8, 4) is 0 Å². The third kappa shape index (κ3) is 2.86. The summed E-state index contributed by atoms with van der Waals surface area (Å²) in [5, 5.41) is 1.18. The third-order valence-electron chi connectivity index (χ3n) is 3.68. The molecule has 0 spiro atoms. The summed E-state index contributed by atoms with van der Waals surface area (Å²) in [7, 11) is 0. The summed E-state index contributed by atoms with van der Waals surface area (Å²) >= 11 is 1.79. The van der Waals surface area contributed by atoms with Crippen molar-refractivity contribution in [3.63, 3.8) is 0 Å². The van der Waals surface area contributed by atoms with E-state index < -0.39 is 0 Å². The molecule has 1 aliphatic rings. The lowest BCUT2D eigenvalue weighted by molar-refractivity contribution is 0.438. The van der Waals surface area contributed by atoms with Gasteiger partial charge in [0.1, 0.15) is 0 Å². The van der Waals surface area contributed by atoms with Crippen molar-refractivity contribution in [3.05, 3.63) is 10.6 Å². The predicted molar refractivity (Wildman–Crippen MR) is 79.4 cm³/mol. The molecule has 0 saturated carbocycles. The maximum Gasteiger partial charge on any atom is 0.185 e. The van der Waals surface area contributed by atoms with Crippen LogP contribution >= 0.6 is 11.3 Å². The smallest absolute Gasteiger partial charge is 0.185 e. The summed E-state index contributed by atoms with van der Waals surface area (Å²) in [6.07, 6.45) is 2.56. The molecule has 3 nitrogen and oxygen atoms in total. The molecule has 1 atom stereocenters. The zero-order valence-corrected chi connectivity index (χ0v) is 12.8. The molecule has 18 heavy (non-hydrogen) atoms. The minimum atomic E-state index is 0.0948. The van der Waals surface area contributed by atoms with Crippen LogP contribution in [0.25, 0.3) is 0 Å². The van der Waals surface area contributed by atoms with Gasteiger partial charge in [-0.15, -0.1) is 0 Å². The van der Waals surface area contributed by atoms with Crippen molar-refractivity contribution >= 4 is 16.5 Å². The van der Waals surface area contributed by atoms with E-state index in [2.05, 4.69) is 32.6 Å². The van der Waals surface area contributed by atoms with Gasteiger partial charge in [-0.25, -0.2) is 4.98 Å². The Morgan fingerprint density at radius 2 is 1.89 bits per heavy atom. The molecule has 2 heterocycles. The lowest BCUT2D eigenvalue weighted by Crippen LogP contribution is -2.32. The minimum absolute atomic E-state index is 0.0948. The number of nitrogens with zero attached hydrogens (tertiary/aromatic N) is 2. The molecule has 2 N–H and O–H groups in total. The van der Waals surface area contributed by atoms with Crippen LogP contribution in [0, 0.1) is 5.92 Å². The Bertz CT molecular complexity index is 364. The fourth-order valence-electron chi connectivity index (χ4n) is 2.41. The van der Waals surface area contributed by atoms with Crippen LogP contribution in [0.15, 0.2) is 0 Å². The van der Waals surface area contributed by atoms with Crippen LogP contribution in [0.1, 0.15) is 63.1 Å². The van der Waals surface area contributed by atoms with E-state index in [1.54, 1.807) is 11.3 Å². The number of hydrogen-bond donors (Lipinski definition) is 1. The van der Waals surface area contributed by atoms with Crippen LogP contribution in [-0.2, 0) is 0 Å². The highest BCUT2D eigenvalue weighted by atomic mass is 32.1. The average Bonchev–Trinajstić information content (AvgIpc) is 2.75. The van der Waals surface area contributed by atoms with E-state index in [0.29, 0.717) is 5.92 Å². The van der Waals surface area contributed by atoms with Crippen molar-refractivity contribution in [1.82, 2.24) is 4.98 Å². The number of nitrogens with two attached hydrogens (primary N) is 1. The number of aromatic nitrogens is 1. The highest BCUT2D eigenvalue weighted by molar-refractivity contribution is 7.15. The SMILES string of the molecule is CC1CCN(c2nc(C(C)C)c(C(C)N)s2)CC1. The van der Waals surface area contributed by atoms with Crippen LogP contribution in [0.5, 0.6) is 0 Å². The van der Waals surface area contributed by atoms with E-state index in [4.69, 9.17) is 10.7 Å². The quantitative estimate of drug-likeness (QED) is 0.911. The zero-order chi connectivity index (χ0) is 13.3. The molecule has 0 aromatic carbocycles. The first kappa shape index (κ1) is 13.8. The molecule has 1 saturated heterocycles. The normalized spacial score (nSPS) is 19.6. The standard InChI is InChI=1S/C14H25N3S/c1-9(2)12-13(11(4)15)18-14(16-12)17-7-5-10(3)6-8-17/h9-11H,5-8,15H2,1-4H3. The molecule has 1 aliphatic heterocycles. The topological polar surface area (TPSA) is 42.2 Å². The van der Waals surface area contributed by atoms with Crippen LogP contribution < -0.4 is 10.6 Å². The highest BCUT2D eigenvalue weighted by Crippen LogP contribution is 2.35. The van der Waals surface area contributed by atoms with Crippen LogP contribution in [0.2, 0.25) is 0 Å². The molecule has 1 unspecified atom stereocenters. The van der Waals surface area contributed by atoms with Gasteiger partial charge in [0, 0.05) is 24.0 Å². The van der Waals surface area contributed by atoms with Crippen LogP contribution in [0.3, 0.4) is 0 Å². The Labute approximate surface area is 114 Å². The van der Waals surface area contributed by atoms with Gasteiger partial charge >= 0.3 is 0 Å². The summed E-state index contributed by atoms with van der Waals surface area (Å²) in [4.78, 5) is 8.54.